The first kappa shape index (κ1) is 19.8. The molecule has 1 N–H and O–H groups in total. The van der Waals surface area contributed by atoms with Crippen molar-refractivity contribution >= 4 is 17.5 Å². The van der Waals surface area contributed by atoms with E-state index in [1.807, 2.05) is 59.3 Å². The molecule has 160 valence electrons. The second kappa shape index (κ2) is 8.55. The number of carbonyl (C=O) groups excluding carboxylic acids is 2. The van der Waals surface area contributed by atoms with Gasteiger partial charge >= 0.3 is 0 Å². The number of aromatic nitrogens is 2. The molecule has 2 aromatic carbocycles. The van der Waals surface area contributed by atoms with Gasteiger partial charge in [-0.15, -0.1) is 0 Å². The van der Waals surface area contributed by atoms with E-state index < -0.39 is 0 Å². The quantitative estimate of drug-likeness (QED) is 0.514. The molecule has 7 heteroatoms. The summed E-state index contributed by atoms with van der Waals surface area (Å²) in [7, 11) is 0. The Bertz CT molecular complexity index is 1250. The highest BCUT2D eigenvalue weighted by Gasteiger charge is 2.32. The average Bonchev–Trinajstić information content (AvgIpc) is 3.28. The van der Waals surface area contributed by atoms with Crippen LogP contribution in [0.2, 0.25) is 0 Å². The third-order valence-corrected chi connectivity index (χ3v) is 5.49. The fraction of sp³-hybridized carbons (Fsp3) is 0.160. The Hall–Kier alpha value is -4.13. The molecule has 0 bridgehead atoms. The zero-order valence-corrected chi connectivity index (χ0v) is 17.3. The van der Waals surface area contributed by atoms with Gasteiger partial charge in [0.1, 0.15) is 17.5 Å². The van der Waals surface area contributed by atoms with E-state index >= 15 is 0 Å². The second-order valence-corrected chi connectivity index (χ2v) is 7.75. The number of hydrogen-bond donors (Lipinski definition) is 1. The summed E-state index contributed by atoms with van der Waals surface area (Å²) in [6, 6.07) is 20.2. The van der Waals surface area contributed by atoms with E-state index in [0.717, 1.165) is 11.2 Å². The Balaban J connectivity index is 1.11. The van der Waals surface area contributed by atoms with Gasteiger partial charge in [-0.25, -0.2) is 4.98 Å². The number of ether oxygens (including phenoxy) is 1. The minimum atomic E-state index is -0.150. The second-order valence-electron chi connectivity index (χ2n) is 7.75. The first-order chi connectivity index (χ1) is 15.7. The molecule has 0 aliphatic carbocycles. The zero-order chi connectivity index (χ0) is 21.9. The Labute approximate surface area is 185 Å². The molecule has 1 fully saturated rings. The summed E-state index contributed by atoms with van der Waals surface area (Å²) in [5, 5.41) is 2.93. The number of nitrogens with zero attached hydrogens (tertiary/aromatic N) is 3. The lowest BCUT2D eigenvalue weighted by Gasteiger charge is -2.39. The molecule has 0 spiro atoms. The molecule has 2 amide bonds. The van der Waals surface area contributed by atoms with Crippen LogP contribution in [0.4, 0.5) is 0 Å². The number of hydrogen-bond acceptors (Lipinski definition) is 4. The Kier molecular flexibility index (Phi) is 5.29. The molecule has 0 unspecified atom stereocenters. The van der Waals surface area contributed by atoms with Crippen LogP contribution in [-0.4, -0.2) is 45.3 Å². The van der Waals surface area contributed by atoms with Gasteiger partial charge in [-0.2, -0.15) is 0 Å². The Morgan fingerprint density at radius 1 is 0.969 bits per heavy atom. The number of nitrogens with one attached hydrogen (secondary N) is 1. The van der Waals surface area contributed by atoms with Crippen molar-refractivity contribution in [1.29, 1.82) is 0 Å². The third-order valence-electron chi connectivity index (χ3n) is 5.49. The maximum absolute atomic E-state index is 12.5. The average molecular weight is 426 g/mol. The van der Waals surface area contributed by atoms with Crippen molar-refractivity contribution < 1.29 is 14.3 Å². The first-order valence-electron chi connectivity index (χ1n) is 10.5. The third kappa shape index (κ3) is 4.18. The number of likely N-dealkylation sites (tertiary alicyclic amines) is 1. The molecule has 1 aliphatic rings. The Morgan fingerprint density at radius 2 is 1.75 bits per heavy atom. The highest BCUT2D eigenvalue weighted by atomic mass is 16.5. The van der Waals surface area contributed by atoms with Crippen molar-refractivity contribution in [3.63, 3.8) is 0 Å². The topological polar surface area (TPSA) is 75.9 Å². The van der Waals surface area contributed by atoms with Gasteiger partial charge in [0.05, 0.1) is 13.1 Å². The molecule has 5 rings (SSSR count). The van der Waals surface area contributed by atoms with Crippen LogP contribution in [0.1, 0.15) is 26.3 Å². The van der Waals surface area contributed by atoms with Gasteiger partial charge in [-0.1, -0.05) is 18.2 Å². The summed E-state index contributed by atoms with van der Waals surface area (Å²) < 4.78 is 7.85. The lowest BCUT2D eigenvalue weighted by Crippen LogP contribution is -2.56. The van der Waals surface area contributed by atoms with Crippen molar-refractivity contribution in [1.82, 2.24) is 19.6 Å². The van der Waals surface area contributed by atoms with E-state index in [2.05, 4.69) is 10.3 Å². The van der Waals surface area contributed by atoms with E-state index in [9.17, 15) is 9.59 Å². The van der Waals surface area contributed by atoms with Gasteiger partial charge in [-0.05, 0) is 54.1 Å². The van der Waals surface area contributed by atoms with Crippen molar-refractivity contribution in [3.8, 4) is 5.75 Å². The van der Waals surface area contributed by atoms with E-state index in [0.29, 0.717) is 36.5 Å². The first-order valence-corrected chi connectivity index (χ1v) is 10.5. The highest BCUT2D eigenvalue weighted by Crippen LogP contribution is 2.20. The normalized spacial score (nSPS) is 13.6. The lowest BCUT2D eigenvalue weighted by molar-refractivity contribution is 0.0178. The van der Waals surface area contributed by atoms with Crippen LogP contribution >= 0.6 is 0 Å². The smallest absolute Gasteiger partial charge is 0.254 e. The largest absolute Gasteiger partial charge is 0.487 e. The van der Waals surface area contributed by atoms with Crippen LogP contribution in [0.5, 0.6) is 5.75 Å². The molecule has 0 saturated carbocycles. The summed E-state index contributed by atoms with van der Waals surface area (Å²) in [5.41, 5.74) is 3.08. The molecule has 1 saturated heterocycles. The highest BCUT2D eigenvalue weighted by molar-refractivity contribution is 5.95. The standard InChI is InChI=1S/C25H22N4O3/c30-24(27-15-18-10-12-28-13-11-26-23(28)14-18)19-6-8-21(9-7-19)32-22-16-29(17-22)25(31)20-4-2-1-3-5-20/h1-14,22H,15-17H2,(H,27,30). The van der Waals surface area contributed by atoms with E-state index in [-0.39, 0.29) is 17.9 Å². The predicted octanol–water partition coefficient (Wildman–Crippen LogP) is 3.17. The molecule has 2 aromatic heterocycles. The minimum Gasteiger partial charge on any atom is -0.487 e. The SMILES string of the molecule is O=C(NCc1ccn2ccnc2c1)c1ccc(OC2CN(C(=O)c3ccccc3)C2)cc1. The van der Waals surface area contributed by atoms with Crippen LogP contribution in [0.3, 0.4) is 0 Å². The number of pyridine rings is 1. The zero-order valence-electron chi connectivity index (χ0n) is 17.3. The molecule has 32 heavy (non-hydrogen) atoms. The van der Waals surface area contributed by atoms with Crippen LogP contribution in [0, 0.1) is 0 Å². The number of imidazole rings is 1. The number of benzene rings is 2. The monoisotopic (exact) mass is 426 g/mol. The summed E-state index contributed by atoms with van der Waals surface area (Å²) in [5.74, 6) is 0.551. The molecule has 7 nitrogen and oxygen atoms in total. The number of rotatable bonds is 6. The Morgan fingerprint density at radius 3 is 2.53 bits per heavy atom. The molecule has 4 aromatic rings. The molecule has 0 radical (unpaired) electrons. The van der Waals surface area contributed by atoms with E-state index in [1.54, 1.807) is 35.4 Å². The van der Waals surface area contributed by atoms with Gasteiger partial charge in [0.25, 0.3) is 11.8 Å². The van der Waals surface area contributed by atoms with E-state index in [1.165, 1.54) is 0 Å². The summed E-state index contributed by atoms with van der Waals surface area (Å²) >= 11 is 0. The van der Waals surface area contributed by atoms with Crippen molar-refractivity contribution in [2.24, 2.45) is 0 Å². The number of amides is 2. The van der Waals surface area contributed by atoms with Gasteiger partial charge in [0.2, 0.25) is 0 Å². The molecular formula is C25H22N4O3. The van der Waals surface area contributed by atoms with Crippen LogP contribution < -0.4 is 10.1 Å². The van der Waals surface area contributed by atoms with Gasteiger partial charge in [0.15, 0.2) is 0 Å². The van der Waals surface area contributed by atoms with E-state index in [4.69, 9.17) is 4.74 Å². The molecular weight excluding hydrogens is 404 g/mol. The summed E-state index contributed by atoms with van der Waals surface area (Å²) in [4.78, 5) is 30.9. The molecule has 0 atom stereocenters. The maximum atomic E-state index is 12.5. The number of carbonyl (C=O) groups is 2. The molecule has 3 heterocycles. The summed E-state index contributed by atoms with van der Waals surface area (Å²) in [6.45, 7) is 1.53. The molecule has 1 aliphatic heterocycles. The van der Waals surface area contributed by atoms with Gasteiger partial charge < -0.3 is 19.4 Å². The van der Waals surface area contributed by atoms with Gasteiger partial charge in [0, 0.05) is 36.3 Å². The van der Waals surface area contributed by atoms with Crippen molar-refractivity contribution in [2.75, 3.05) is 13.1 Å². The fourth-order valence-corrected chi connectivity index (χ4v) is 3.67. The maximum Gasteiger partial charge on any atom is 0.254 e. The van der Waals surface area contributed by atoms with Gasteiger partial charge in [-0.3, -0.25) is 9.59 Å². The van der Waals surface area contributed by atoms with Crippen LogP contribution in [-0.2, 0) is 6.54 Å². The fourth-order valence-electron chi connectivity index (χ4n) is 3.67. The van der Waals surface area contributed by atoms with Crippen LogP contribution in [0.15, 0.2) is 85.3 Å². The van der Waals surface area contributed by atoms with Crippen molar-refractivity contribution in [3.05, 3.63) is 102 Å². The van der Waals surface area contributed by atoms with Crippen molar-refractivity contribution in [2.45, 2.75) is 12.6 Å². The van der Waals surface area contributed by atoms with Crippen LogP contribution in [0.25, 0.3) is 5.65 Å². The number of fused-ring (bicyclic) bond motifs is 1. The predicted molar refractivity (Wildman–Crippen MR) is 120 cm³/mol. The summed E-state index contributed by atoms with van der Waals surface area (Å²) in [6.07, 6.45) is 5.50. The minimum absolute atomic E-state index is 0.0179. The lowest BCUT2D eigenvalue weighted by atomic mass is 10.1.